The summed E-state index contributed by atoms with van der Waals surface area (Å²) in [7, 11) is 0. The molecule has 80 valence electrons. The highest BCUT2D eigenvalue weighted by Crippen LogP contribution is 2.30. The summed E-state index contributed by atoms with van der Waals surface area (Å²) in [5.74, 6) is 1.10. The van der Waals surface area contributed by atoms with Gasteiger partial charge >= 0.3 is 0 Å². The molecule has 2 heteroatoms. The third-order valence-corrected chi connectivity index (χ3v) is 3.40. The topological polar surface area (TPSA) is 21.3 Å². The van der Waals surface area contributed by atoms with Crippen molar-refractivity contribution in [3.8, 4) is 5.75 Å². The molecule has 0 saturated carbocycles. The predicted molar refractivity (Wildman–Crippen MR) is 60.2 cm³/mol. The zero-order valence-corrected chi connectivity index (χ0v) is 8.96. The smallest absolute Gasteiger partial charge is 0.122 e. The maximum absolute atomic E-state index is 5.62. The number of rotatable bonds is 1. The van der Waals surface area contributed by atoms with Gasteiger partial charge in [0.15, 0.2) is 0 Å². The second kappa shape index (κ2) is 3.86. The van der Waals surface area contributed by atoms with E-state index in [1.54, 1.807) is 0 Å². The Kier molecular flexibility index (Phi) is 2.37. The standard InChI is InChI=1S/C13H17NO/c1-4-12(14-7-1)10-5-6-13-11(9-10)3-2-8-15-13/h5-6,9,12,14H,1-4,7-8H2/t12-/m1/s1. The fraction of sp³-hybridized carbons (Fsp3) is 0.538. The van der Waals surface area contributed by atoms with Crippen LogP contribution in [-0.2, 0) is 6.42 Å². The molecule has 0 amide bonds. The van der Waals surface area contributed by atoms with Gasteiger partial charge in [-0.2, -0.15) is 0 Å². The molecule has 0 radical (unpaired) electrons. The van der Waals surface area contributed by atoms with Gasteiger partial charge in [-0.25, -0.2) is 0 Å². The summed E-state index contributed by atoms with van der Waals surface area (Å²) in [6.45, 7) is 2.05. The molecular formula is C13H17NO. The summed E-state index contributed by atoms with van der Waals surface area (Å²) in [5.41, 5.74) is 2.84. The minimum absolute atomic E-state index is 0.581. The lowest BCUT2D eigenvalue weighted by molar-refractivity contribution is 0.288. The summed E-state index contributed by atoms with van der Waals surface area (Å²) in [5, 5.41) is 3.54. The Hall–Kier alpha value is -1.02. The molecule has 2 aliphatic heterocycles. The van der Waals surface area contributed by atoms with Gasteiger partial charge in [0.1, 0.15) is 5.75 Å². The quantitative estimate of drug-likeness (QED) is 0.757. The molecule has 0 unspecified atom stereocenters. The van der Waals surface area contributed by atoms with E-state index in [0.29, 0.717) is 6.04 Å². The van der Waals surface area contributed by atoms with E-state index in [1.807, 2.05) is 0 Å². The number of aryl methyl sites for hydroxylation is 1. The van der Waals surface area contributed by atoms with Crippen molar-refractivity contribution in [2.45, 2.75) is 31.7 Å². The van der Waals surface area contributed by atoms with Crippen molar-refractivity contribution in [2.75, 3.05) is 13.2 Å². The van der Waals surface area contributed by atoms with Gasteiger partial charge in [0.2, 0.25) is 0 Å². The van der Waals surface area contributed by atoms with Crippen LogP contribution in [0.15, 0.2) is 18.2 Å². The monoisotopic (exact) mass is 203 g/mol. The lowest BCUT2D eigenvalue weighted by Gasteiger charge is -2.19. The van der Waals surface area contributed by atoms with Gasteiger partial charge in [0, 0.05) is 6.04 Å². The van der Waals surface area contributed by atoms with Gasteiger partial charge in [-0.15, -0.1) is 0 Å². The van der Waals surface area contributed by atoms with E-state index >= 15 is 0 Å². The summed E-state index contributed by atoms with van der Waals surface area (Å²) >= 11 is 0. The highest BCUT2D eigenvalue weighted by Gasteiger charge is 2.18. The molecule has 0 bridgehead atoms. The molecule has 1 aromatic rings. The van der Waals surface area contributed by atoms with Gasteiger partial charge < -0.3 is 10.1 Å². The summed E-state index contributed by atoms with van der Waals surface area (Å²) in [4.78, 5) is 0. The zero-order valence-electron chi connectivity index (χ0n) is 8.96. The zero-order chi connectivity index (χ0) is 10.1. The van der Waals surface area contributed by atoms with Crippen molar-refractivity contribution in [3.63, 3.8) is 0 Å². The largest absolute Gasteiger partial charge is 0.493 e. The lowest BCUT2D eigenvalue weighted by atomic mass is 9.98. The van der Waals surface area contributed by atoms with Crippen molar-refractivity contribution in [3.05, 3.63) is 29.3 Å². The van der Waals surface area contributed by atoms with Gasteiger partial charge in [-0.1, -0.05) is 12.1 Å². The fourth-order valence-electron chi connectivity index (χ4n) is 2.57. The SMILES string of the molecule is c1cc2c(cc1[C@H]1CCCN1)CCCO2. The molecule has 2 heterocycles. The van der Waals surface area contributed by atoms with E-state index in [1.165, 1.54) is 30.4 Å². The molecule has 1 saturated heterocycles. The maximum Gasteiger partial charge on any atom is 0.122 e. The Bertz CT molecular complexity index is 356. The average Bonchev–Trinajstić information content (AvgIpc) is 2.82. The number of benzene rings is 1. The van der Waals surface area contributed by atoms with Crippen LogP contribution in [0, 0.1) is 0 Å². The number of ether oxygens (including phenoxy) is 1. The summed E-state index contributed by atoms with van der Waals surface area (Å²) in [6.07, 6.45) is 4.92. The first-order valence-corrected chi connectivity index (χ1v) is 5.92. The second-order valence-corrected chi connectivity index (χ2v) is 4.47. The van der Waals surface area contributed by atoms with Crippen LogP contribution in [0.5, 0.6) is 5.75 Å². The van der Waals surface area contributed by atoms with E-state index in [0.717, 1.165) is 25.3 Å². The highest BCUT2D eigenvalue weighted by molar-refractivity contribution is 5.39. The molecular weight excluding hydrogens is 186 g/mol. The molecule has 0 spiro atoms. The first kappa shape index (κ1) is 9.22. The Morgan fingerprint density at radius 2 is 2.27 bits per heavy atom. The molecule has 0 aromatic heterocycles. The van der Waals surface area contributed by atoms with Crippen LogP contribution in [0.4, 0.5) is 0 Å². The Balaban J connectivity index is 1.89. The fourth-order valence-corrected chi connectivity index (χ4v) is 2.57. The average molecular weight is 203 g/mol. The van der Waals surface area contributed by atoms with Crippen molar-refractivity contribution in [1.82, 2.24) is 5.32 Å². The van der Waals surface area contributed by atoms with E-state index in [4.69, 9.17) is 4.74 Å². The molecule has 2 aliphatic rings. The van der Waals surface area contributed by atoms with Crippen LogP contribution >= 0.6 is 0 Å². The molecule has 1 aromatic carbocycles. The summed E-state index contributed by atoms with van der Waals surface area (Å²) in [6, 6.07) is 7.27. The van der Waals surface area contributed by atoms with Crippen LogP contribution < -0.4 is 10.1 Å². The summed E-state index contributed by atoms with van der Waals surface area (Å²) < 4.78 is 5.62. The van der Waals surface area contributed by atoms with Crippen molar-refractivity contribution in [1.29, 1.82) is 0 Å². The minimum Gasteiger partial charge on any atom is -0.493 e. The lowest BCUT2D eigenvalue weighted by Crippen LogP contribution is -2.14. The third-order valence-electron chi connectivity index (χ3n) is 3.40. The van der Waals surface area contributed by atoms with Gasteiger partial charge in [-0.05, 0) is 49.4 Å². The molecule has 15 heavy (non-hydrogen) atoms. The first-order valence-electron chi connectivity index (χ1n) is 5.92. The van der Waals surface area contributed by atoms with Crippen LogP contribution in [0.1, 0.15) is 36.4 Å². The van der Waals surface area contributed by atoms with E-state index in [-0.39, 0.29) is 0 Å². The van der Waals surface area contributed by atoms with E-state index in [2.05, 4.69) is 23.5 Å². The number of hydrogen-bond donors (Lipinski definition) is 1. The van der Waals surface area contributed by atoms with Gasteiger partial charge in [0.25, 0.3) is 0 Å². The highest BCUT2D eigenvalue weighted by atomic mass is 16.5. The number of nitrogens with one attached hydrogen (secondary N) is 1. The van der Waals surface area contributed by atoms with Crippen LogP contribution in [-0.4, -0.2) is 13.2 Å². The number of hydrogen-bond acceptors (Lipinski definition) is 2. The molecule has 1 fully saturated rings. The molecule has 1 atom stereocenters. The van der Waals surface area contributed by atoms with Gasteiger partial charge in [-0.3, -0.25) is 0 Å². The Morgan fingerprint density at radius 1 is 1.27 bits per heavy atom. The molecule has 2 nitrogen and oxygen atoms in total. The molecule has 3 rings (SSSR count). The maximum atomic E-state index is 5.62. The van der Waals surface area contributed by atoms with Gasteiger partial charge in [0.05, 0.1) is 6.61 Å². The van der Waals surface area contributed by atoms with Crippen LogP contribution in [0.2, 0.25) is 0 Å². The van der Waals surface area contributed by atoms with Crippen LogP contribution in [0.3, 0.4) is 0 Å². The van der Waals surface area contributed by atoms with E-state index < -0.39 is 0 Å². The molecule has 0 aliphatic carbocycles. The minimum atomic E-state index is 0.581. The van der Waals surface area contributed by atoms with Crippen molar-refractivity contribution in [2.24, 2.45) is 0 Å². The predicted octanol–water partition coefficient (Wildman–Crippen LogP) is 2.44. The Labute approximate surface area is 90.6 Å². The molecule has 1 N–H and O–H groups in total. The Morgan fingerprint density at radius 3 is 3.13 bits per heavy atom. The first-order chi connectivity index (χ1) is 7.43. The third kappa shape index (κ3) is 1.74. The normalized spacial score (nSPS) is 24.7. The van der Waals surface area contributed by atoms with Crippen molar-refractivity contribution >= 4 is 0 Å². The van der Waals surface area contributed by atoms with Crippen LogP contribution in [0.25, 0.3) is 0 Å². The second-order valence-electron chi connectivity index (χ2n) is 4.47. The van der Waals surface area contributed by atoms with Crippen molar-refractivity contribution < 1.29 is 4.74 Å². The number of fused-ring (bicyclic) bond motifs is 1. The van der Waals surface area contributed by atoms with E-state index in [9.17, 15) is 0 Å².